The molecule has 0 saturated carbocycles. The third-order valence-electron chi connectivity index (χ3n) is 4.24. The third-order valence-corrected chi connectivity index (χ3v) is 4.82. The van der Waals surface area contributed by atoms with Crippen molar-refractivity contribution >= 4 is 17.7 Å². The average molecular weight is 329 g/mol. The lowest BCUT2D eigenvalue weighted by Gasteiger charge is -2.25. The zero-order chi connectivity index (χ0) is 16.4. The van der Waals surface area contributed by atoms with E-state index in [0.717, 1.165) is 11.1 Å². The lowest BCUT2D eigenvalue weighted by atomic mass is 9.89. The number of amides is 1. The van der Waals surface area contributed by atoms with E-state index < -0.39 is 5.60 Å². The number of benzene rings is 1. The highest BCUT2D eigenvalue weighted by molar-refractivity contribution is 7.98. The van der Waals surface area contributed by atoms with Gasteiger partial charge in [0.05, 0.1) is 12.1 Å². The van der Waals surface area contributed by atoms with Crippen molar-refractivity contribution < 1.29 is 9.90 Å². The van der Waals surface area contributed by atoms with Gasteiger partial charge < -0.3 is 10.0 Å². The van der Waals surface area contributed by atoms with Crippen LogP contribution in [0, 0.1) is 6.92 Å². The molecule has 23 heavy (non-hydrogen) atoms. The molecule has 1 amide bonds. The second kappa shape index (κ2) is 6.29. The lowest BCUT2D eigenvalue weighted by molar-refractivity contribution is 0.0412. The minimum atomic E-state index is -0.985. The van der Waals surface area contributed by atoms with Gasteiger partial charge in [0, 0.05) is 18.9 Å². The largest absolute Gasteiger partial charge is 0.383 e. The van der Waals surface area contributed by atoms with Gasteiger partial charge in [0.2, 0.25) is 0 Å². The average Bonchev–Trinajstić information content (AvgIpc) is 2.98. The Morgan fingerprint density at radius 3 is 2.65 bits per heavy atom. The van der Waals surface area contributed by atoms with Crippen molar-refractivity contribution in [1.29, 1.82) is 0 Å². The number of carbonyl (C=O) groups excluding carboxylic acids is 1. The summed E-state index contributed by atoms with van der Waals surface area (Å²) in [6.07, 6.45) is 5.52. The molecule has 1 aromatic carbocycles. The van der Waals surface area contributed by atoms with Crippen molar-refractivity contribution in [2.45, 2.75) is 24.1 Å². The maximum Gasteiger partial charge on any atom is 0.257 e. The summed E-state index contributed by atoms with van der Waals surface area (Å²) in [5.41, 5.74) is 1.40. The number of β-amino-alcohol motifs (C(OH)–C–C–N with tert-alkyl or cyclic N) is 1. The fraction of sp³-hybridized carbons (Fsp3) is 0.353. The van der Waals surface area contributed by atoms with Crippen LogP contribution in [0.4, 0.5) is 0 Å². The summed E-state index contributed by atoms with van der Waals surface area (Å²) in [7, 11) is 0. The molecule has 1 aromatic heterocycles. The normalized spacial score (nSPS) is 20.7. The van der Waals surface area contributed by atoms with Crippen LogP contribution in [0.2, 0.25) is 0 Å². The molecule has 1 fully saturated rings. The highest BCUT2D eigenvalue weighted by Crippen LogP contribution is 2.34. The molecular weight excluding hydrogens is 310 g/mol. The Bertz CT molecular complexity index is 720. The molecule has 1 N–H and O–H groups in total. The maximum absolute atomic E-state index is 12.6. The standard InChI is InChI=1S/C17H19N3O2S/c1-12-5-3-4-6-14(12)17(22)7-8-20(11-17)15(21)13-9-18-16(23-2)19-10-13/h3-6,9-10,22H,7-8,11H2,1-2H3/t17-/m1/s1. The summed E-state index contributed by atoms with van der Waals surface area (Å²) < 4.78 is 0. The number of aryl methyl sites for hydroxylation is 1. The van der Waals surface area contributed by atoms with Gasteiger partial charge in [0.25, 0.3) is 5.91 Å². The quantitative estimate of drug-likeness (QED) is 0.691. The lowest BCUT2D eigenvalue weighted by Crippen LogP contribution is -2.35. The molecule has 6 heteroatoms. The molecule has 2 aromatic rings. The fourth-order valence-electron chi connectivity index (χ4n) is 3.00. The number of thioether (sulfide) groups is 1. The number of carbonyl (C=O) groups is 1. The number of aromatic nitrogens is 2. The van der Waals surface area contributed by atoms with Crippen molar-refractivity contribution in [2.24, 2.45) is 0 Å². The van der Waals surface area contributed by atoms with Crippen LogP contribution >= 0.6 is 11.8 Å². The molecule has 5 nitrogen and oxygen atoms in total. The van der Waals surface area contributed by atoms with Crippen molar-refractivity contribution in [2.75, 3.05) is 19.3 Å². The van der Waals surface area contributed by atoms with E-state index in [0.29, 0.717) is 30.2 Å². The molecular formula is C17H19N3O2S. The Morgan fingerprint density at radius 1 is 1.30 bits per heavy atom. The Hall–Kier alpha value is -1.92. The smallest absolute Gasteiger partial charge is 0.257 e. The van der Waals surface area contributed by atoms with Crippen LogP contribution in [-0.4, -0.2) is 45.2 Å². The van der Waals surface area contributed by atoms with E-state index in [2.05, 4.69) is 9.97 Å². The van der Waals surface area contributed by atoms with Gasteiger partial charge in [-0.3, -0.25) is 4.79 Å². The summed E-state index contributed by atoms with van der Waals surface area (Å²) in [6.45, 7) is 2.79. The van der Waals surface area contributed by atoms with Gasteiger partial charge in [0.15, 0.2) is 5.16 Å². The van der Waals surface area contributed by atoms with E-state index in [4.69, 9.17) is 0 Å². The van der Waals surface area contributed by atoms with E-state index in [1.807, 2.05) is 37.4 Å². The summed E-state index contributed by atoms with van der Waals surface area (Å²) in [5.74, 6) is -0.137. The first-order chi connectivity index (χ1) is 11.0. The minimum absolute atomic E-state index is 0.137. The van der Waals surface area contributed by atoms with Crippen LogP contribution in [0.1, 0.15) is 27.9 Å². The predicted molar refractivity (Wildman–Crippen MR) is 89.4 cm³/mol. The summed E-state index contributed by atoms with van der Waals surface area (Å²) >= 11 is 1.43. The van der Waals surface area contributed by atoms with Crippen molar-refractivity contribution in [1.82, 2.24) is 14.9 Å². The number of hydrogen-bond acceptors (Lipinski definition) is 5. The first-order valence-electron chi connectivity index (χ1n) is 7.47. The highest BCUT2D eigenvalue weighted by atomic mass is 32.2. The fourth-order valence-corrected chi connectivity index (χ4v) is 3.31. The van der Waals surface area contributed by atoms with E-state index in [1.165, 1.54) is 11.8 Å². The molecule has 2 heterocycles. The van der Waals surface area contributed by atoms with Crippen LogP contribution < -0.4 is 0 Å². The number of nitrogens with zero attached hydrogens (tertiary/aromatic N) is 3. The predicted octanol–water partition coefficient (Wildman–Crippen LogP) is 2.24. The van der Waals surface area contributed by atoms with Crippen LogP contribution in [0.25, 0.3) is 0 Å². The molecule has 1 aliphatic heterocycles. The number of aliphatic hydroxyl groups is 1. The number of rotatable bonds is 3. The van der Waals surface area contributed by atoms with Gasteiger partial charge in [-0.2, -0.15) is 0 Å². The van der Waals surface area contributed by atoms with Crippen LogP contribution in [0.5, 0.6) is 0 Å². The summed E-state index contributed by atoms with van der Waals surface area (Å²) in [5, 5.41) is 11.6. The Labute approximate surface area is 139 Å². The van der Waals surface area contributed by atoms with Gasteiger partial charge in [0.1, 0.15) is 5.60 Å². The maximum atomic E-state index is 12.6. The Kier molecular flexibility index (Phi) is 4.37. The zero-order valence-electron chi connectivity index (χ0n) is 13.2. The first kappa shape index (κ1) is 16.0. The monoisotopic (exact) mass is 329 g/mol. The molecule has 3 rings (SSSR count). The van der Waals surface area contributed by atoms with Crippen LogP contribution in [-0.2, 0) is 5.60 Å². The van der Waals surface area contributed by atoms with Gasteiger partial charge in [-0.05, 0) is 30.7 Å². The van der Waals surface area contributed by atoms with Crippen molar-refractivity contribution in [3.63, 3.8) is 0 Å². The van der Waals surface area contributed by atoms with Crippen LogP contribution in [0.3, 0.4) is 0 Å². The number of likely N-dealkylation sites (tertiary alicyclic amines) is 1. The van der Waals surface area contributed by atoms with E-state index in [9.17, 15) is 9.90 Å². The van der Waals surface area contributed by atoms with Gasteiger partial charge in [-0.1, -0.05) is 36.0 Å². The summed E-state index contributed by atoms with van der Waals surface area (Å²) in [4.78, 5) is 22.5. The molecule has 120 valence electrons. The molecule has 1 atom stereocenters. The molecule has 0 bridgehead atoms. The van der Waals surface area contributed by atoms with Crippen LogP contribution in [0.15, 0.2) is 41.8 Å². The van der Waals surface area contributed by atoms with Crippen molar-refractivity contribution in [3.05, 3.63) is 53.3 Å². The van der Waals surface area contributed by atoms with Gasteiger partial charge >= 0.3 is 0 Å². The highest BCUT2D eigenvalue weighted by Gasteiger charge is 2.40. The minimum Gasteiger partial charge on any atom is -0.383 e. The van der Waals surface area contributed by atoms with Gasteiger partial charge in [-0.15, -0.1) is 0 Å². The SMILES string of the molecule is CSc1ncc(C(=O)N2CC[C@](O)(c3ccccc3C)C2)cn1. The Balaban J connectivity index is 1.78. The second-order valence-electron chi connectivity index (χ2n) is 5.78. The molecule has 1 aliphatic rings. The first-order valence-corrected chi connectivity index (χ1v) is 8.70. The third kappa shape index (κ3) is 3.09. The topological polar surface area (TPSA) is 66.3 Å². The summed E-state index contributed by atoms with van der Waals surface area (Å²) in [6, 6.07) is 7.77. The number of hydrogen-bond donors (Lipinski definition) is 1. The molecule has 0 spiro atoms. The van der Waals surface area contributed by atoms with E-state index in [1.54, 1.807) is 17.3 Å². The zero-order valence-corrected chi connectivity index (χ0v) is 14.0. The molecule has 0 aliphatic carbocycles. The van der Waals surface area contributed by atoms with E-state index >= 15 is 0 Å². The molecule has 1 saturated heterocycles. The molecule has 0 unspecified atom stereocenters. The second-order valence-corrected chi connectivity index (χ2v) is 6.56. The van der Waals surface area contributed by atoms with Gasteiger partial charge in [-0.25, -0.2) is 9.97 Å². The van der Waals surface area contributed by atoms with Crippen molar-refractivity contribution in [3.8, 4) is 0 Å². The Morgan fingerprint density at radius 2 is 2.00 bits per heavy atom. The van der Waals surface area contributed by atoms with E-state index in [-0.39, 0.29) is 5.91 Å². The molecule has 0 radical (unpaired) electrons.